The third kappa shape index (κ3) is 7.32. The van der Waals surface area contributed by atoms with Crippen LogP contribution in [0.2, 0.25) is 0 Å². The molecule has 6 heteroatoms. The number of nitrogens with zero attached hydrogens (tertiary/aromatic N) is 2. The van der Waals surface area contributed by atoms with Gasteiger partial charge in [0.25, 0.3) is 15.6 Å². The molecular weight excluding hydrogens is 384 g/mol. The summed E-state index contributed by atoms with van der Waals surface area (Å²) in [5, 5.41) is -1.13. The predicted octanol–water partition coefficient (Wildman–Crippen LogP) is 5.88. The van der Waals surface area contributed by atoms with Crippen molar-refractivity contribution in [2.24, 2.45) is 11.8 Å². The van der Waals surface area contributed by atoms with Crippen molar-refractivity contribution in [2.75, 3.05) is 0 Å². The molecule has 0 spiro atoms. The van der Waals surface area contributed by atoms with Crippen LogP contribution in [0.1, 0.15) is 116 Å². The van der Waals surface area contributed by atoms with E-state index in [1.807, 2.05) is 0 Å². The lowest BCUT2D eigenvalue weighted by atomic mass is 9.85. The van der Waals surface area contributed by atoms with Crippen molar-refractivity contribution >= 4 is 20.7 Å². The van der Waals surface area contributed by atoms with E-state index in [-0.39, 0.29) is 5.92 Å². The summed E-state index contributed by atoms with van der Waals surface area (Å²) in [4.78, 5) is 15.7. The molecule has 0 radical (unpaired) electrons. The van der Waals surface area contributed by atoms with Crippen molar-refractivity contribution in [1.29, 1.82) is 0 Å². The van der Waals surface area contributed by atoms with E-state index in [0.29, 0.717) is 31.6 Å². The van der Waals surface area contributed by atoms with Crippen LogP contribution in [0.25, 0.3) is 5.53 Å². The number of ketones is 1. The van der Waals surface area contributed by atoms with Crippen molar-refractivity contribution in [3.8, 4) is 0 Å². The van der Waals surface area contributed by atoms with Crippen molar-refractivity contribution in [1.82, 2.24) is 0 Å². The fourth-order valence-electron chi connectivity index (χ4n) is 5.06. The summed E-state index contributed by atoms with van der Waals surface area (Å²) < 4.78 is 26.0. The van der Waals surface area contributed by atoms with Gasteiger partial charge in [0.1, 0.15) is 0 Å². The Hall–Kier alpha value is -1.00. The van der Waals surface area contributed by atoms with E-state index in [1.54, 1.807) is 0 Å². The molecule has 2 aliphatic carbocycles. The van der Waals surface area contributed by atoms with Gasteiger partial charge in [0.2, 0.25) is 0 Å². The lowest BCUT2D eigenvalue weighted by Crippen LogP contribution is -2.39. The molecule has 0 unspecified atom stereocenters. The van der Waals surface area contributed by atoms with Crippen molar-refractivity contribution in [3.05, 3.63) is 5.53 Å². The first-order valence-corrected chi connectivity index (χ1v) is 13.6. The van der Waals surface area contributed by atoms with Crippen LogP contribution in [-0.4, -0.2) is 29.3 Å². The molecule has 0 aliphatic heterocycles. The van der Waals surface area contributed by atoms with Gasteiger partial charge in [0.15, 0.2) is 0 Å². The smallest absolute Gasteiger partial charge is 0.360 e. The number of sulfone groups is 1. The Morgan fingerprint density at radius 3 is 2.03 bits per heavy atom. The SMILES string of the molecule is CCCCCCCCCC1CCC(S(=O)(=O)C(=[N+]=[N-])C(=O)C2CCCCC2)CC1. The standard InChI is InChI=1S/C23H40N2O3S/c1-2-3-4-5-6-7-9-12-19-15-17-21(18-16-19)29(27,28)23(25-24)22(26)20-13-10-8-11-14-20/h19-21H,2-18H2,1H3. The normalized spacial score (nSPS) is 23.5. The summed E-state index contributed by atoms with van der Waals surface area (Å²) >= 11 is 0. The largest absolute Gasteiger partial charge is 0.447 e. The molecule has 0 bridgehead atoms. The second kappa shape index (κ2) is 12.6. The highest BCUT2D eigenvalue weighted by Crippen LogP contribution is 2.33. The number of hydrogen-bond donors (Lipinski definition) is 0. The molecular formula is C23H40N2O3S. The van der Waals surface area contributed by atoms with Crippen LogP contribution in [0, 0.1) is 11.8 Å². The summed E-state index contributed by atoms with van der Waals surface area (Å²) in [6.07, 6.45) is 17.6. The monoisotopic (exact) mass is 424 g/mol. The van der Waals surface area contributed by atoms with Gasteiger partial charge in [0.05, 0.1) is 5.25 Å². The first kappa shape index (κ1) is 24.3. The summed E-state index contributed by atoms with van der Waals surface area (Å²) in [6.45, 7) is 2.23. The summed E-state index contributed by atoms with van der Waals surface area (Å²) in [5.74, 6) is -0.156. The van der Waals surface area contributed by atoms with Crippen molar-refractivity contribution in [3.63, 3.8) is 0 Å². The lowest BCUT2D eigenvalue weighted by Gasteiger charge is -2.27. The maximum atomic E-state index is 13.0. The van der Waals surface area contributed by atoms with Crippen LogP contribution in [0.15, 0.2) is 0 Å². The summed E-state index contributed by atoms with van der Waals surface area (Å²) in [6, 6.07) is 0. The Kier molecular flexibility index (Phi) is 10.6. The molecule has 0 aromatic rings. The second-order valence-electron chi connectivity index (χ2n) is 9.20. The number of carbonyl (C=O) groups is 1. The van der Waals surface area contributed by atoms with Crippen LogP contribution >= 0.6 is 0 Å². The highest BCUT2D eigenvalue weighted by atomic mass is 32.2. The predicted molar refractivity (Wildman–Crippen MR) is 117 cm³/mol. The van der Waals surface area contributed by atoms with Crippen LogP contribution in [-0.2, 0) is 14.6 Å². The average molecular weight is 425 g/mol. The lowest BCUT2D eigenvalue weighted by molar-refractivity contribution is -0.120. The second-order valence-corrected chi connectivity index (χ2v) is 11.3. The average Bonchev–Trinajstić information content (AvgIpc) is 2.74. The molecule has 2 saturated carbocycles. The molecule has 0 N–H and O–H groups in total. The molecule has 2 aliphatic rings. The van der Waals surface area contributed by atoms with Gasteiger partial charge in [-0.1, -0.05) is 77.6 Å². The van der Waals surface area contributed by atoms with Crippen LogP contribution in [0.4, 0.5) is 0 Å². The minimum atomic E-state index is -3.83. The van der Waals surface area contributed by atoms with Gasteiger partial charge in [-0.25, -0.2) is 8.42 Å². The third-order valence-corrected chi connectivity index (χ3v) is 9.17. The Bertz CT molecular complexity index is 654. The van der Waals surface area contributed by atoms with E-state index in [4.69, 9.17) is 0 Å². The zero-order valence-corrected chi connectivity index (χ0v) is 19.1. The Balaban J connectivity index is 1.78. The van der Waals surface area contributed by atoms with Gasteiger partial charge < -0.3 is 5.53 Å². The Morgan fingerprint density at radius 1 is 0.862 bits per heavy atom. The Labute approximate surface area is 177 Å². The van der Waals surface area contributed by atoms with Gasteiger partial charge >= 0.3 is 5.04 Å². The van der Waals surface area contributed by atoms with Crippen LogP contribution < -0.4 is 0 Å². The first-order valence-electron chi connectivity index (χ1n) is 12.0. The number of rotatable bonds is 11. The fraction of sp³-hybridized carbons (Fsp3) is 0.913. The molecule has 0 heterocycles. The van der Waals surface area contributed by atoms with E-state index in [1.165, 1.54) is 51.4 Å². The van der Waals surface area contributed by atoms with E-state index in [2.05, 4.69) is 11.7 Å². The molecule has 2 fully saturated rings. The number of carbonyl (C=O) groups excluding carboxylic acids is 1. The van der Waals surface area contributed by atoms with Crippen molar-refractivity contribution < 1.29 is 18.0 Å². The maximum Gasteiger partial charge on any atom is 0.447 e. The minimum absolute atomic E-state index is 0.293. The van der Waals surface area contributed by atoms with Crippen LogP contribution in [0.5, 0.6) is 0 Å². The molecule has 2 rings (SSSR count). The number of Topliss-reactive ketones (excluding diaryl/α,β-unsaturated/α-hetero) is 1. The topological polar surface area (TPSA) is 87.6 Å². The number of hydrogen-bond acceptors (Lipinski definition) is 3. The quantitative estimate of drug-likeness (QED) is 0.136. The highest BCUT2D eigenvalue weighted by Gasteiger charge is 2.45. The zero-order valence-electron chi connectivity index (χ0n) is 18.3. The highest BCUT2D eigenvalue weighted by molar-refractivity contribution is 8.08. The molecule has 0 atom stereocenters. The third-order valence-electron chi connectivity index (χ3n) is 7.00. The molecule has 166 valence electrons. The summed E-state index contributed by atoms with van der Waals surface area (Å²) in [7, 11) is -3.83. The molecule has 0 amide bonds. The molecule has 0 aromatic heterocycles. The van der Waals surface area contributed by atoms with E-state index in [0.717, 1.165) is 32.1 Å². The first-order chi connectivity index (χ1) is 14.0. The van der Waals surface area contributed by atoms with E-state index < -0.39 is 25.9 Å². The van der Waals surface area contributed by atoms with Gasteiger partial charge in [-0.2, -0.15) is 0 Å². The van der Waals surface area contributed by atoms with Gasteiger partial charge in [-0.05, 0) is 44.4 Å². The molecule has 0 saturated heterocycles. The van der Waals surface area contributed by atoms with Gasteiger partial charge in [-0.3, -0.25) is 4.79 Å². The maximum absolute atomic E-state index is 13.0. The summed E-state index contributed by atoms with van der Waals surface area (Å²) in [5.41, 5.74) is 9.35. The fourth-order valence-corrected chi connectivity index (χ4v) is 6.83. The molecule has 5 nitrogen and oxygen atoms in total. The van der Waals surface area contributed by atoms with E-state index in [9.17, 15) is 18.7 Å². The van der Waals surface area contributed by atoms with E-state index >= 15 is 0 Å². The van der Waals surface area contributed by atoms with Gasteiger partial charge in [0, 0.05) is 5.92 Å². The van der Waals surface area contributed by atoms with Crippen molar-refractivity contribution in [2.45, 2.75) is 121 Å². The minimum Gasteiger partial charge on any atom is -0.360 e. The zero-order chi connectivity index (χ0) is 21.1. The molecule has 29 heavy (non-hydrogen) atoms. The Morgan fingerprint density at radius 2 is 1.45 bits per heavy atom. The number of unbranched alkanes of at least 4 members (excludes halogenated alkanes) is 6. The van der Waals surface area contributed by atoms with Gasteiger partial charge in [-0.15, -0.1) is 4.79 Å². The molecule has 0 aromatic carbocycles. The van der Waals surface area contributed by atoms with Crippen LogP contribution in [0.3, 0.4) is 0 Å².